The van der Waals surface area contributed by atoms with E-state index in [4.69, 9.17) is 9.84 Å². The van der Waals surface area contributed by atoms with Crippen LogP contribution in [-0.2, 0) is 9.53 Å². The molecule has 0 aliphatic rings. The van der Waals surface area contributed by atoms with Gasteiger partial charge >= 0.3 is 5.97 Å². The van der Waals surface area contributed by atoms with Crippen LogP contribution in [0.25, 0.3) is 0 Å². The second-order valence-electron chi connectivity index (χ2n) is 3.94. The number of aromatic amines is 1. The number of ether oxygens (including phenoxy) is 1. The average Bonchev–Trinajstić information content (AvgIpc) is 2.74. The number of carboxylic acids is 1. The predicted octanol–water partition coefficient (Wildman–Crippen LogP) is 0.328. The number of hydrogen-bond donors (Lipinski definition) is 3. The largest absolute Gasteiger partial charge is 0.480 e. The monoisotopic (exact) mass is 255 g/mol. The number of carboxylic acid groups (broad SMARTS) is 1. The molecular weight excluding hydrogens is 238 g/mol. The molecule has 18 heavy (non-hydrogen) atoms. The summed E-state index contributed by atoms with van der Waals surface area (Å²) in [5.74, 6) is -1.56. The molecule has 0 radical (unpaired) electrons. The Hall–Kier alpha value is -1.89. The molecule has 1 rings (SSSR count). The number of H-pyrrole nitrogens is 1. The normalized spacial score (nSPS) is 12.1. The van der Waals surface area contributed by atoms with Gasteiger partial charge in [-0.2, -0.15) is 5.10 Å². The lowest BCUT2D eigenvalue weighted by atomic mass is 10.1. The number of rotatable bonds is 7. The van der Waals surface area contributed by atoms with Crippen molar-refractivity contribution in [2.45, 2.75) is 25.8 Å². The molecule has 0 bridgehead atoms. The SMILES string of the molecule is COCCCC(NC(=O)c1cc(C)[nH]n1)C(=O)O. The van der Waals surface area contributed by atoms with Crippen LogP contribution in [0.1, 0.15) is 29.0 Å². The number of aryl methyl sites for hydroxylation is 1. The average molecular weight is 255 g/mol. The minimum atomic E-state index is -1.06. The van der Waals surface area contributed by atoms with Crippen molar-refractivity contribution in [3.05, 3.63) is 17.5 Å². The highest BCUT2D eigenvalue weighted by atomic mass is 16.5. The van der Waals surface area contributed by atoms with Crippen molar-refractivity contribution in [3.8, 4) is 0 Å². The summed E-state index contributed by atoms with van der Waals surface area (Å²) in [7, 11) is 1.54. The third kappa shape index (κ3) is 4.17. The second kappa shape index (κ2) is 6.75. The number of nitrogens with zero attached hydrogens (tertiary/aromatic N) is 1. The van der Waals surface area contributed by atoms with Gasteiger partial charge in [0.1, 0.15) is 11.7 Å². The summed E-state index contributed by atoms with van der Waals surface area (Å²) in [5.41, 5.74) is 0.928. The van der Waals surface area contributed by atoms with Gasteiger partial charge in [-0.05, 0) is 25.8 Å². The zero-order valence-corrected chi connectivity index (χ0v) is 10.4. The smallest absolute Gasteiger partial charge is 0.326 e. The third-order valence-corrected chi connectivity index (χ3v) is 2.38. The van der Waals surface area contributed by atoms with Crippen LogP contribution < -0.4 is 5.32 Å². The van der Waals surface area contributed by atoms with E-state index in [1.54, 1.807) is 20.1 Å². The molecule has 100 valence electrons. The highest BCUT2D eigenvalue weighted by Crippen LogP contribution is 2.02. The first-order valence-corrected chi connectivity index (χ1v) is 5.59. The van der Waals surface area contributed by atoms with Gasteiger partial charge in [0.2, 0.25) is 0 Å². The van der Waals surface area contributed by atoms with Gasteiger partial charge in [-0.3, -0.25) is 9.89 Å². The molecule has 0 aliphatic heterocycles. The lowest BCUT2D eigenvalue weighted by Gasteiger charge is -2.13. The maximum Gasteiger partial charge on any atom is 0.326 e. The summed E-state index contributed by atoms with van der Waals surface area (Å²) < 4.78 is 4.84. The topological polar surface area (TPSA) is 104 Å². The van der Waals surface area contributed by atoms with E-state index in [1.807, 2.05) is 0 Å². The van der Waals surface area contributed by atoms with Crippen LogP contribution >= 0.6 is 0 Å². The lowest BCUT2D eigenvalue weighted by molar-refractivity contribution is -0.139. The molecule has 1 unspecified atom stereocenters. The van der Waals surface area contributed by atoms with E-state index in [1.165, 1.54) is 0 Å². The number of amides is 1. The van der Waals surface area contributed by atoms with Crippen molar-refractivity contribution < 1.29 is 19.4 Å². The highest BCUT2D eigenvalue weighted by Gasteiger charge is 2.21. The Balaban J connectivity index is 2.55. The summed E-state index contributed by atoms with van der Waals surface area (Å²) in [5, 5.41) is 17.8. The van der Waals surface area contributed by atoms with Gasteiger partial charge in [-0.15, -0.1) is 0 Å². The maximum absolute atomic E-state index is 11.7. The molecule has 1 aromatic rings. The van der Waals surface area contributed by atoms with Gasteiger partial charge in [0.05, 0.1) is 0 Å². The van der Waals surface area contributed by atoms with Crippen molar-refractivity contribution in [2.24, 2.45) is 0 Å². The van der Waals surface area contributed by atoms with E-state index < -0.39 is 17.9 Å². The second-order valence-corrected chi connectivity index (χ2v) is 3.94. The van der Waals surface area contributed by atoms with E-state index in [2.05, 4.69) is 15.5 Å². The fourth-order valence-corrected chi connectivity index (χ4v) is 1.46. The molecule has 3 N–H and O–H groups in total. The Bertz CT molecular complexity index is 416. The van der Waals surface area contributed by atoms with Crippen molar-refractivity contribution in [2.75, 3.05) is 13.7 Å². The minimum absolute atomic E-state index is 0.186. The van der Waals surface area contributed by atoms with Crippen LogP contribution in [0.15, 0.2) is 6.07 Å². The number of nitrogens with one attached hydrogen (secondary N) is 2. The molecule has 1 aromatic heterocycles. The predicted molar refractivity (Wildman–Crippen MR) is 63.3 cm³/mol. The summed E-state index contributed by atoms with van der Waals surface area (Å²) in [6, 6.07) is 0.633. The Labute approximate surface area is 105 Å². The summed E-state index contributed by atoms with van der Waals surface area (Å²) in [6.07, 6.45) is 0.881. The molecule has 0 fully saturated rings. The first kappa shape index (κ1) is 14.2. The molecule has 0 saturated carbocycles. The van der Waals surface area contributed by atoms with Crippen molar-refractivity contribution >= 4 is 11.9 Å². The van der Waals surface area contributed by atoms with Gasteiger partial charge in [0.15, 0.2) is 0 Å². The molecule has 0 aromatic carbocycles. The number of methoxy groups -OCH3 is 1. The molecule has 1 heterocycles. The van der Waals surface area contributed by atoms with E-state index in [9.17, 15) is 9.59 Å². The minimum Gasteiger partial charge on any atom is -0.480 e. The van der Waals surface area contributed by atoms with Crippen LogP contribution in [0, 0.1) is 6.92 Å². The molecule has 7 nitrogen and oxygen atoms in total. The quantitative estimate of drug-likeness (QED) is 0.609. The fourth-order valence-electron chi connectivity index (χ4n) is 1.46. The van der Waals surface area contributed by atoms with Crippen LogP contribution in [0.2, 0.25) is 0 Å². The van der Waals surface area contributed by atoms with Crippen LogP contribution in [0.3, 0.4) is 0 Å². The molecular formula is C11H17N3O4. The van der Waals surface area contributed by atoms with E-state index in [-0.39, 0.29) is 5.69 Å². The highest BCUT2D eigenvalue weighted by molar-refractivity contribution is 5.94. The summed E-state index contributed by atoms with van der Waals surface area (Å²) in [4.78, 5) is 22.7. The number of aromatic nitrogens is 2. The van der Waals surface area contributed by atoms with E-state index in [0.29, 0.717) is 19.4 Å². The Morgan fingerprint density at radius 3 is 2.83 bits per heavy atom. The standard InChI is InChI=1S/C11H17N3O4/c1-7-6-9(14-13-7)10(15)12-8(11(16)17)4-3-5-18-2/h6,8H,3-5H2,1-2H3,(H,12,15)(H,13,14)(H,16,17). The van der Waals surface area contributed by atoms with Crippen LogP contribution in [0.4, 0.5) is 0 Å². The number of hydrogen-bond acceptors (Lipinski definition) is 4. The van der Waals surface area contributed by atoms with Crippen molar-refractivity contribution in [1.29, 1.82) is 0 Å². The van der Waals surface area contributed by atoms with Crippen LogP contribution in [-0.4, -0.2) is 46.9 Å². The summed E-state index contributed by atoms with van der Waals surface area (Å²) in [6.45, 7) is 2.22. The number of carbonyl (C=O) groups is 2. The molecule has 7 heteroatoms. The van der Waals surface area contributed by atoms with E-state index >= 15 is 0 Å². The molecule has 0 spiro atoms. The van der Waals surface area contributed by atoms with Gasteiger partial charge in [-0.1, -0.05) is 0 Å². The Morgan fingerprint density at radius 2 is 2.33 bits per heavy atom. The van der Waals surface area contributed by atoms with Gasteiger partial charge in [0.25, 0.3) is 5.91 Å². The van der Waals surface area contributed by atoms with Gasteiger partial charge in [0, 0.05) is 19.4 Å². The molecule has 0 aliphatic carbocycles. The maximum atomic E-state index is 11.7. The molecule has 1 atom stereocenters. The fraction of sp³-hybridized carbons (Fsp3) is 0.545. The molecule has 0 saturated heterocycles. The first-order chi connectivity index (χ1) is 8.54. The molecule has 1 amide bonds. The van der Waals surface area contributed by atoms with Crippen LogP contribution in [0.5, 0.6) is 0 Å². The Morgan fingerprint density at radius 1 is 1.61 bits per heavy atom. The Kier molecular flexibility index (Phi) is 5.31. The lowest BCUT2D eigenvalue weighted by Crippen LogP contribution is -2.41. The number of aliphatic carboxylic acids is 1. The number of carbonyl (C=O) groups excluding carboxylic acids is 1. The van der Waals surface area contributed by atoms with Gasteiger partial charge in [-0.25, -0.2) is 4.79 Å². The van der Waals surface area contributed by atoms with Gasteiger partial charge < -0.3 is 15.2 Å². The third-order valence-electron chi connectivity index (χ3n) is 2.38. The first-order valence-electron chi connectivity index (χ1n) is 5.59. The van der Waals surface area contributed by atoms with Crippen molar-refractivity contribution in [1.82, 2.24) is 15.5 Å². The van der Waals surface area contributed by atoms with Crippen molar-refractivity contribution in [3.63, 3.8) is 0 Å². The summed E-state index contributed by atoms with van der Waals surface area (Å²) >= 11 is 0. The zero-order chi connectivity index (χ0) is 13.5. The zero-order valence-electron chi connectivity index (χ0n) is 10.4. The van der Waals surface area contributed by atoms with E-state index in [0.717, 1.165) is 5.69 Å².